The van der Waals surface area contributed by atoms with Crippen LogP contribution in [0.4, 0.5) is 0 Å². The molecule has 24 heavy (non-hydrogen) atoms. The van der Waals surface area contributed by atoms with E-state index in [2.05, 4.69) is 10.5 Å². The first-order valence-electron chi connectivity index (χ1n) is 7.15. The summed E-state index contributed by atoms with van der Waals surface area (Å²) in [5, 5.41) is 4.47. The van der Waals surface area contributed by atoms with E-state index < -0.39 is 0 Å². The Hall–Kier alpha value is -2.24. The van der Waals surface area contributed by atoms with Crippen LogP contribution in [0, 0.1) is 0 Å². The minimum Gasteiger partial charge on any atom is -0.490 e. The lowest BCUT2D eigenvalue weighted by Crippen LogP contribution is -2.12. The molecule has 0 unspecified atom stereocenters. The van der Waals surface area contributed by atoms with Crippen molar-refractivity contribution in [2.75, 3.05) is 13.2 Å². The smallest absolute Gasteiger partial charge is 0.236 e. The lowest BCUT2D eigenvalue weighted by molar-refractivity contribution is -0.118. The van der Waals surface area contributed by atoms with Crippen molar-refractivity contribution < 1.29 is 14.3 Å². The van der Waals surface area contributed by atoms with Gasteiger partial charge in [0, 0.05) is 6.92 Å². The molecular formula is C17H16Cl2N2O3. The molecule has 0 aliphatic carbocycles. The maximum absolute atomic E-state index is 10.8. The summed E-state index contributed by atoms with van der Waals surface area (Å²) in [7, 11) is 0. The second-order valence-electron chi connectivity index (χ2n) is 4.75. The minimum absolute atomic E-state index is 0.262. The normalized spacial score (nSPS) is 10.6. The van der Waals surface area contributed by atoms with Crippen LogP contribution >= 0.6 is 23.2 Å². The highest BCUT2D eigenvalue weighted by atomic mass is 35.5. The van der Waals surface area contributed by atoms with Crippen molar-refractivity contribution in [1.29, 1.82) is 0 Å². The highest BCUT2D eigenvalue weighted by Crippen LogP contribution is 2.33. The van der Waals surface area contributed by atoms with Gasteiger partial charge in [-0.2, -0.15) is 5.10 Å². The lowest BCUT2D eigenvalue weighted by Gasteiger charge is -2.11. The zero-order valence-corrected chi connectivity index (χ0v) is 14.5. The van der Waals surface area contributed by atoms with E-state index in [-0.39, 0.29) is 5.91 Å². The van der Waals surface area contributed by atoms with Crippen molar-refractivity contribution in [1.82, 2.24) is 5.43 Å². The molecule has 2 aromatic rings. The van der Waals surface area contributed by atoms with Gasteiger partial charge in [0.05, 0.1) is 16.3 Å². The first-order valence-corrected chi connectivity index (χ1v) is 7.91. The second kappa shape index (κ2) is 9.15. The zero-order chi connectivity index (χ0) is 17.4. The second-order valence-corrected chi connectivity index (χ2v) is 5.56. The summed E-state index contributed by atoms with van der Waals surface area (Å²) >= 11 is 12.3. The van der Waals surface area contributed by atoms with Crippen molar-refractivity contribution in [3.63, 3.8) is 0 Å². The number of nitrogens with one attached hydrogen (secondary N) is 1. The number of carbonyl (C=O) groups is 1. The number of rotatable bonds is 7. The Labute approximate surface area is 150 Å². The minimum atomic E-state index is -0.262. The maximum atomic E-state index is 10.8. The predicted molar refractivity (Wildman–Crippen MR) is 95.3 cm³/mol. The van der Waals surface area contributed by atoms with E-state index in [1.165, 1.54) is 13.1 Å². The van der Waals surface area contributed by atoms with Crippen molar-refractivity contribution >= 4 is 35.3 Å². The molecule has 0 saturated heterocycles. The largest absolute Gasteiger partial charge is 0.490 e. The number of hydrogen-bond donors (Lipinski definition) is 1. The van der Waals surface area contributed by atoms with Crippen molar-refractivity contribution in [3.8, 4) is 11.5 Å². The molecule has 0 aliphatic heterocycles. The molecular weight excluding hydrogens is 351 g/mol. The Bertz CT molecular complexity index is 698. The monoisotopic (exact) mass is 366 g/mol. The first-order chi connectivity index (χ1) is 11.6. The maximum Gasteiger partial charge on any atom is 0.236 e. The van der Waals surface area contributed by atoms with Crippen LogP contribution in [0.2, 0.25) is 10.0 Å². The third-order valence-corrected chi connectivity index (χ3v) is 3.36. The van der Waals surface area contributed by atoms with Crippen LogP contribution in [0.3, 0.4) is 0 Å². The third-order valence-electron chi connectivity index (χ3n) is 2.80. The molecule has 0 saturated carbocycles. The van der Waals surface area contributed by atoms with E-state index in [4.69, 9.17) is 32.7 Å². The molecule has 0 radical (unpaired) electrons. The lowest BCUT2D eigenvalue weighted by atomic mass is 10.2. The van der Waals surface area contributed by atoms with Gasteiger partial charge in [-0.15, -0.1) is 0 Å². The summed E-state index contributed by atoms with van der Waals surface area (Å²) in [6.45, 7) is 2.03. The van der Waals surface area contributed by atoms with Gasteiger partial charge < -0.3 is 9.47 Å². The fraction of sp³-hybridized carbons (Fsp3) is 0.176. The molecule has 0 aliphatic rings. The van der Waals surface area contributed by atoms with Gasteiger partial charge in [-0.3, -0.25) is 4.79 Å². The summed E-state index contributed by atoms with van der Waals surface area (Å²) in [4.78, 5) is 10.8. The van der Waals surface area contributed by atoms with Crippen LogP contribution in [0.25, 0.3) is 0 Å². The van der Waals surface area contributed by atoms with E-state index >= 15 is 0 Å². The van der Waals surface area contributed by atoms with Crippen molar-refractivity contribution in [2.45, 2.75) is 6.92 Å². The van der Waals surface area contributed by atoms with E-state index in [0.717, 1.165) is 5.75 Å². The Balaban J connectivity index is 1.91. The Kier molecular flexibility index (Phi) is 6.90. The molecule has 0 spiro atoms. The molecule has 0 heterocycles. The highest BCUT2D eigenvalue weighted by molar-refractivity contribution is 6.37. The molecule has 5 nitrogen and oxygen atoms in total. The highest BCUT2D eigenvalue weighted by Gasteiger charge is 2.09. The fourth-order valence-corrected chi connectivity index (χ4v) is 2.42. The quantitative estimate of drug-likeness (QED) is 0.458. The van der Waals surface area contributed by atoms with Crippen LogP contribution < -0.4 is 14.9 Å². The summed E-state index contributed by atoms with van der Waals surface area (Å²) in [6, 6.07) is 12.7. The number of carbonyl (C=O) groups excluding carboxylic acids is 1. The molecule has 1 amide bonds. The molecule has 0 bridgehead atoms. The Morgan fingerprint density at radius 1 is 1.12 bits per heavy atom. The van der Waals surface area contributed by atoms with Gasteiger partial charge in [-0.25, -0.2) is 5.43 Å². The van der Waals surface area contributed by atoms with Crippen molar-refractivity contribution in [3.05, 3.63) is 58.1 Å². The molecule has 2 rings (SSSR count). The van der Waals surface area contributed by atoms with E-state index in [1.807, 2.05) is 30.3 Å². The average Bonchev–Trinajstić information content (AvgIpc) is 2.54. The molecule has 126 valence electrons. The van der Waals surface area contributed by atoms with Gasteiger partial charge in [0.15, 0.2) is 5.75 Å². The number of hydrogen-bond acceptors (Lipinski definition) is 4. The Morgan fingerprint density at radius 3 is 2.38 bits per heavy atom. The van der Waals surface area contributed by atoms with E-state index in [0.29, 0.717) is 34.6 Å². The number of ether oxygens (including phenoxy) is 2. The zero-order valence-electron chi connectivity index (χ0n) is 13.0. The van der Waals surface area contributed by atoms with Gasteiger partial charge in [0.25, 0.3) is 0 Å². The number of halogens is 2. The summed E-state index contributed by atoms with van der Waals surface area (Å²) in [5.74, 6) is 0.885. The van der Waals surface area contributed by atoms with Gasteiger partial charge in [0.1, 0.15) is 19.0 Å². The number of hydrazone groups is 1. The topological polar surface area (TPSA) is 59.9 Å². The van der Waals surface area contributed by atoms with Crippen molar-refractivity contribution in [2.24, 2.45) is 5.10 Å². The summed E-state index contributed by atoms with van der Waals surface area (Å²) in [5.41, 5.74) is 2.95. The fourth-order valence-electron chi connectivity index (χ4n) is 1.81. The van der Waals surface area contributed by atoms with E-state index in [1.54, 1.807) is 12.1 Å². The summed E-state index contributed by atoms with van der Waals surface area (Å²) in [6.07, 6.45) is 1.45. The van der Waals surface area contributed by atoms with Gasteiger partial charge >= 0.3 is 0 Å². The summed E-state index contributed by atoms with van der Waals surface area (Å²) < 4.78 is 11.1. The number of nitrogens with zero attached hydrogens (tertiary/aromatic N) is 1. The molecule has 7 heteroatoms. The molecule has 2 aromatic carbocycles. The van der Waals surface area contributed by atoms with Crippen LogP contribution in [0.1, 0.15) is 12.5 Å². The number of amides is 1. The van der Waals surface area contributed by atoms with Crippen LogP contribution in [0.5, 0.6) is 11.5 Å². The van der Waals surface area contributed by atoms with Gasteiger partial charge in [-0.1, -0.05) is 41.4 Å². The number of benzene rings is 2. The molecule has 0 atom stereocenters. The van der Waals surface area contributed by atoms with Gasteiger partial charge in [0.2, 0.25) is 5.91 Å². The molecule has 0 aromatic heterocycles. The van der Waals surface area contributed by atoms with Crippen LogP contribution in [-0.2, 0) is 4.79 Å². The third kappa shape index (κ3) is 5.76. The van der Waals surface area contributed by atoms with Gasteiger partial charge in [-0.05, 0) is 29.8 Å². The molecule has 1 N–H and O–H groups in total. The predicted octanol–water partition coefficient (Wildman–Crippen LogP) is 3.92. The Morgan fingerprint density at radius 2 is 1.75 bits per heavy atom. The molecule has 0 fully saturated rings. The van der Waals surface area contributed by atoms with Crippen LogP contribution in [0.15, 0.2) is 47.6 Å². The van der Waals surface area contributed by atoms with E-state index in [9.17, 15) is 4.79 Å². The first kappa shape index (κ1) is 18.1. The average molecular weight is 367 g/mol. The number of para-hydroxylation sites is 1. The SMILES string of the molecule is CC(=O)N/N=C\c1cc(Cl)c(OCCOc2ccccc2)c(Cl)c1. The standard InChI is InChI=1S/C17H16Cl2N2O3/c1-12(22)21-20-11-13-9-15(18)17(16(19)10-13)24-8-7-23-14-5-3-2-4-6-14/h2-6,9-11H,7-8H2,1H3,(H,21,22)/b20-11-. The van der Waals surface area contributed by atoms with Crippen LogP contribution in [-0.4, -0.2) is 25.3 Å².